The molecule has 0 amide bonds. The van der Waals surface area contributed by atoms with E-state index in [1.54, 1.807) is 29.1 Å². The number of aromatic amines is 1. The number of halogens is 1. The second-order valence-electron chi connectivity index (χ2n) is 5.09. The Bertz CT molecular complexity index is 894. The third-order valence-electron chi connectivity index (χ3n) is 3.79. The molecule has 0 aliphatic heterocycles. The zero-order valence-electron chi connectivity index (χ0n) is 12.5. The topological polar surface area (TPSA) is 139 Å². The number of pyridine rings is 1. The number of fused-ring (bicyclic) bond motifs is 1. The highest BCUT2D eigenvalue weighted by molar-refractivity contribution is 9.10. The van der Waals surface area contributed by atoms with Gasteiger partial charge in [-0.1, -0.05) is 21.1 Å². The summed E-state index contributed by atoms with van der Waals surface area (Å²) in [4.78, 5) is 24.2. The molecule has 0 saturated carbocycles. The third-order valence-corrected chi connectivity index (χ3v) is 6.03. The minimum absolute atomic E-state index is 0.0356. The van der Waals surface area contributed by atoms with Gasteiger partial charge in [-0.3, -0.25) is 4.57 Å². The van der Waals surface area contributed by atoms with Crippen LogP contribution in [0.15, 0.2) is 29.1 Å². The summed E-state index contributed by atoms with van der Waals surface area (Å²) in [6.07, 6.45) is 5.00. The van der Waals surface area contributed by atoms with E-state index in [0.29, 0.717) is 21.5 Å². The van der Waals surface area contributed by atoms with Crippen LogP contribution in [0.4, 0.5) is 0 Å². The Morgan fingerprint density at radius 2 is 2.29 bits per heavy atom. The Morgan fingerprint density at radius 1 is 1.50 bits per heavy atom. The summed E-state index contributed by atoms with van der Waals surface area (Å²) in [7, 11) is -3.44. The quantitative estimate of drug-likeness (QED) is 0.509. The number of methoxy groups -OCH3 is 1. The lowest BCUT2D eigenvalue weighted by Gasteiger charge is -2.33. The summed E-state index contributed by atoms with van der Waals surface area (Å²) in [6, 6.07) is 1.67. The summed E-state index contributed by atoms with van der Waals surface area (Å²) in [5, 5.41) is 11.5. The van der Waals surface area contributed by atoms with Crippen LogP contribution in [0.3, 0.4) is 0 Å². The molecule has 3 rings (SSSR count). The first-order valence-electron chi connectivity index (χ1n) is 6.83. The number of aryl methyl sites for hydroxylation is 1. The van der Waals surface area contributed by atoms with Crippen LogP contribution in [0, 0.1) is 0 Å². The van der Waals surface area contributed by atoms with Crippen LogP contribution < -0.4 is 0 Å². The molecule has 0 fully saturated rings. The average molecular weight is 417 g/mol. The molecule has 24 heavy (non-hydrogen) atoms. The van der Waals surface area contributed by atoms with Gasteiger partial charge in [0.1, 0.15) is 5.65 Å². The minimum atomic E-state index is -4.71. The number of rotatable bonds is 6. The number of hydrogen-bond donors (Lipinski definition) is 3. The molecule has 3 aromatic heterocycles. The predicted molar refractivity (Wildman–Crippen MR) is 86.1 cm³/mol. The normalized spacial score (nSPS) is 14.8. The van der Waals surface area contributed by atoms with Gasteiger partial charge in [0.15, 0.2) is 11.2 Å². The van der Waals surface area contributed by atoms with Gasteiger partial charge in [0.25, 0.3) is 0 Å². The number of nitrogens with one attached hydrogen (secondary N) is 1. The van der Waals surface area contributed by atoms with E-state index in [1.165, 1.54) is 7.11 Å². The van der Waals surface area contributed by atoms with Crippen molar-refractivity contribution in [2.45, 2.75) is 18.2 Å². The molecule has 0 saturated heterocycles. The van der Waals surface area contributed by atoms with E-state index in [2.05, 4.69) is 41.5 Å². The molecule has 0 bridgehead atoms. The summed E-state index contributed by atoms with van der Waals surface area (Å²) in [5.74, 6) is 0.338. The maximum atomic E-state index is 12.3. The smallest absolute Gasteiger partial charge is 0.361 e. The fraction of sp³-hybridized carbons (Fsp3) is 0.333. The van der Waals surface area contributed by atoms with Gasteiger partial charge in [0, 0.05) is 42.2 Å². The zero-order valence-corrected chi connectivity index (χ0v) is 15.0. The Morgan fingerprint density at radius 3 is 2.92 bits per heavy atom. The number of hydrogen-bond acceptors (Lipinski definition) is 6. The number of tetrazole rings is 1. The summed E-state index contributed by atoms with van der Waals surface area (Å²) >= 11 is 3.36. The highest BCUT2D eigenvalue weighted by Gasteiger charge is 2.50. The maximum Gasteiger partial charge on any atom is 0.361 e. The largest absolute Gasteiger partial charge is 0.361 e. The molecule has 0 spiro atoms. The highest BCUT2D eigenvalue weighted by atomic mass is 79.9. The van der Waals surface area contributed by atoms with E-state index >= 15 is 0 Å². The fourth-order valence-corrected chi connectivity index (χ4v) is 4.48. The third kappa shape index (κ3) is 2.89. The molecule has 3 heterocycles. The lowest BCUT2D eigenvalue weighted by molar-refractivity contribution is 0.0266. The Labute approximate surface area is 144 Å². The summed E-state index contributed by atoms with van der Waals surface area (Å²) in [6.45, 7) is 0. The van der Waals surface area contributed by atoms with Crippen molar-refractivity contribution in [3.05, 3.63) is 40.5 Å². The van der Waals surface area contributed by atoms with Crippen molar-refractivity contribution in [2.24, 2.45) is 0 Å². The SMILES string of the molecule is COC(CCc1nn[nH]n1)(c1cn2ccnc2cc1Br)P(=O)(O)O. The van der Waals surface area contributed by atoms with Crippen molar-refractivity contribution in [3.63, 3.8) is 0 Å². The van der Waals surface area contributed by atoms with Crippen molar-refractivity contribution in [1.29, 1.82) is 0 Å². The van der Waals surface area contributed by atoms with E-state index in [9.17, 15) is 14.4 Å². The van der Waals surface area contributed by atoms with Gasteiger partial charge in [-0.25, -0.2) is 4.98 Å². The van der Waals surface area contributed by atoms with E-state index in [-0.39, 0.29) is 12.8 Å². The molecule has 0 aliphatic carbocycles. The molecule has 3 aromatic rings. The van der Waals surface area contributed by atoms with Crippen LogP contribution >= 0.6 is 23.5 Å². The molecule has 128 valence electrons. The molecule has 12 heteroatoms. The van der Waals surface area contributed by atoms with Crippen molar-refractivity contribution in [3.8, 4) is 0 Å². The van der Waals surface area contributed by atoms with Gasteiger partial charge in [0.05, 0.1) is 0 Å². The standard InChI is InChI=1S/C12H14BrN6O4P/c1-23-12(24(20,21)22,3-2-10-15-17-18-16-10)8-7-19-5-4-14-11(19)6-9(8)13/h4-7H,2-3H2,1H3,(H2,20,21,22)(H,15,16,17,18). The number of H-pyrrole nitrogens is 1. The second-order valence-corrected chi connectivity index (χ2v) is 7.75. The highest BCUT2D eigenvalue weighted by Crippen LogP contribution is 2.61. The van der Waals surface area contributed by atoms with Crippen LogP contribution in [-0.4, -0.2) is 46.9 Å². The maximum absolute atomic E-state index is 12.3. The zero-order chi connectivity index (χ0) is 17.4. The van der Waals surface area contributed by atoms with Gasteiger partial charge in [-0.05, 0) is 12.5 Å². The number of aromatic nitrogens is 6. The number of ether oxygens (including phenoxy) is 1. The van der Waals surface area contributed by atoms with E-state index in [4.69, 9.17) is 4.74 Å². The fourth-order valence-electron chi connectivity index (χ4n) is 2.56. The first-order chi connectivity index (χ1) is 11.4. The van der Waals surface area contributed by atoms with Gasteiger partial charge in [0.2, 0.25) is 0 Å². The van der Waals surface area contributed by atoms with Gasteiger partial charge >= 0.3 is 7.60 Å². The summed E-state index contributed by atoms with van der Waals surface area (Å²) in [5.41, 5.74) is 0.951. The average Bonchev–Trinajstić information content (AvgIpc) is 3.17. The molecule has 1 atom stereocenters. The molecule has 1 unspecified atom stereocenters. The first kappa shape index (κ1) is 17.2. The number of imidazole rings is 1. The Balaban J connectivity index is 2.11. The van der Waals surface area contributed by atoms with E-state index in [0.717, 1.165) is 0 Å². The first-order valence-corrected chi connectivity index (χ1v) is 9.24. The van der Waals surface area contributed by atoms with E-state index < -0.39 is 12.9 Å². The lowest BCUT2D eigenvalue weighted by Crippen LogP contribution is -2.30. The van der Waals surface area contributed by atoms with Crippen molar-refractivity contribution in [2.75, 3.05) is 7.11 Å². The molecule has 3 N–H and O–H groups in total. The monoisotopic (exact) mass is 416 g/mol. The van der Waals surface area contributed by atoms with Crippen LogP contribution in [0.5, 0.6) is 0 Å². The van der Waals surface area contributed by atoms with Crippen LogP contribution in [0.1, 0.15) is 17.8 Å². The lowest BCUT2D eigenvalue weighted by atomic mass is 10.1. The summed E-state index contributed by atoms with van der Waals surface area (Å²) < 4.78 is 19.9. The van der Waals surface area contributed by atoms with Crippen LogP contribution in [0.2, 0.25) is 0 Å². The molecule has 0 radical (unpaired) electrons. The molecule has 0 aromatic carbocycles. The minimum Gasteiger partial charge on any atom is -0.361 e. The van der Waals surface area contributed by atoms with E-state index in [1.807, 2.05) is 0 Å². The number of nitrogens with zero attached hydrogens (tertiary/aromatic N) is 5. The van der Waals surface area contributed by atoms with Gasteiger partial charge in [-0.15, -0.1) is 10.2 Å². The van der Waals surface area contributed by atoms with Gasteiger partial charge in [-0.2, -0.15) is 5.21 Å². The Kier molecular flexibility index (Phi) is 4.54. The second kappa shape index (κ2) is 6.34. The van der Waals surface area contributed by atoms with Crippen LogP contribution in [0.25, 0.3) is 5.65 Å². The molecular formula is C12H14BrN6O4P. The van der Waals surface area contributed by atoms with Crippen molar-refractivity contribution >= 4 is 29.2 Å². The van der Waals surface area contributed by atoms with Gasteiger partial charge < -0.3 is 18.9 Å². The molecule has 10 nitrogen and oxygen atoms in total. The molecular weight excluding hydrogens is 403 g/mol. The van der Waals surface area contributed by atoms with Crippen molar-refractivity contribution in [1.82, 2.24) is 30.0 Å². The Hall–Kier alpha value is -1.65. The van der Waals surface area contributed by atoms with Crippen LogP contribution in [-0.2, 0) is 21.1 Å². The van der Waals surface area contributed by atoms with Crippen molar-refractivity contribution < 1.29 is 19.1 Å². The predicted octanol–water partition coefficient (Wildman–Crippen LogP) is 1.22. The molecule has 0 aliphatic rings.